The van der Waals surface area contributed by atoms with E-state index < -0.39 is 10.0 Å². The summed E-state index contributed by atoms with van der Waals surface area (Å²) < 4.78 is 26.1. The number of unbranched alkanes of at least 4 members (excludes halogenated alkanes) is 1. The molecule has 1 saturated carbocycles. The Hall–Kier alpha value is -0.130. The number of rotatable bonds is 11. The van der Waals surface area contributed by atoms with Gasteiger partial charge in [0.15, 0.2) is 0 Å². The van der Waals surface area contributed by atoms with Gasteiger partial charge in [-0.05, 0) is 51.6 Å². The Morgan fingerprint density at radius 1 is 1.11 bits per heavy atom. The van der Waals surface area contributed by atoms with Crippen molar-refractivity contribution in [3.8, 4) is 0 Å². The van der Waals surface area contributed by atoms with E-state index in [9.17, 15) is 8.42 Å². The van der Waals surface area contributed by atoms with Crippen molar-refractivity contribution in [2.75, 3.05) is 25.4 Å². The molecule has 18 heavy (non-hydrogen) atoms. The molecule has 0 saturated heterocycles. The standard InChI is InChI=1S/C13H28N2O2S/c1-3-9-14-10-5-6-12-18(16,17)15(11-4-2)13-7-8-13/h13-14H,3-12H2,1-2H3. The molecule has 1 N–H and O–H groups in total. The van der Waals surface area contributed by atoms with Crippen LogP contribution in [0.1, 0.15) is 52.4 Å². The molecule has 1 fully saturated rings. The van der Waals surface area contributed by atoms with Gasteiger partial charge >= 0.3 is 0 Å². The van der Waals surface area contributed by atoms with Crippen LogP contribution in [-0.2, 0) is 10.0 Å². The summed E-state index contributed by atoms with van der Waals surface area (Å²) in [7, 11) is -3.01. The van der Waals surface area contributed by atoms with E-state index in [1.807, 2.05) is 6.92 Å². The third-order valence-corrected chi connectivity index (χ3v) is 5.19. The molecule has 0 radical (unpaired) electrons. The molecule has 1 aliphatic rings. The fourth-order valence-electron chi connectivity index (χ4n) is 2.09. The zero-order valence-corrected chi connectivity index (χ0v) is 12.6. The summed E-state index contributed by atoms with van der Waals surface area (Å²) in [6, 6.07) is 0.313. The molecule has 0 aliphatic heterocycles. The van der Waals surface area contributed by atoms with E-state index in [1.165, 1.54) is 0 Å². The molecule has 0 heterocycles. The van der Waals surface area contributed by atoms with Gasteiger partial charge in [0.2, 0.25) is 10.0 Å². The van der Waals surface area contributed by atoms with Crippen LogP contribution in [0.4, 0.5) is 0 Å². The van der Waals surface area contributed by atoms with Crippen LogP contribution in [-0.4, -0.2) is 44.2 Å². The molecule has 0 aromatic heterocycles. The Labute approximate surface area is 112 Å². The number of nitrogens with zero attached hydrogens (tertiary/aromatic N) is 1. The topological polar surface area (TPSA) is 49.4 Å². The average Bonchev–Trinajstić information content (AvgIpc) is 3.14. The van der Waals surface area contributed by atoms with Gasteiger partial charge in [0.25, 0.3) is 0 Å². The molecule has 1 rings (SSSR count). The first-order valence-corrected chi connectivity index (χ1v) is 8.93. The van der Waals surface area contributed by atoms with E-state index in [4.69, 9.17) is 0 Å². The van der Waals surface area contributed by atoms with Gasteiger partial charge < -0.3 is 5.32 Å². The predicted molar refractivity (Wildman–Crippen MR) is 76.2 cm³/mol. The van der Waals surface area contributed by atoms with E-state index in [0.717, 1.165) is 51.6 Å². The fraction of sp³-hybridized carbons (Fsp3) is 1.00. The Kier molecular flexibility index (Phi) is 7.19. The van der Waals surface area contributed by atoms with Crippen molar-refractivity contribution in [2.45, 2.75) is 58.4 Å². The Bertz CT molecular complexity index is 313. The minimum atomic E-state index is -3.01. The minimum Gasteiger partial charge on any atom is -0.317 e. The molecule has 108 valence electrons. The van der Waals surface area contributed by atoms with Crippen molar-refractivity contribution in [1.29, 1.82) is 0 Å². The SMILES string of the molecule is CCCNCCCCS(=O)(=O)N(CCC)C1CC1. The third-order valence-electron chi connectivity index (χ3n) is 3.19. The molecule has 1 aliphatic carbocycles. The van der Waals surface area contributed by atoms with Crippen LogP contribution in [0.25, 0.3) is 0 Å². The quantitative estimate of drug-likeness (QED) is 0.587. The number of hydrogen-bond donors (Lipinski definition) is 1. The van der Waals surface area contributed by atoms with E-state index in [2.05, 4.69) is 12.2 Å². The van der Waals surface area contributed by atoms with Gasteiger partial charge in [0.1, 0.15) is 0 Å². The molecule has 0 aromatic carbocycles. The van der Waals surface area contributed by atoms with E-state index in [-0.39, 0.29) is 0 Å². The lowest BCUT2D eigenvalue weighted by Gasteiger charge is -2.21. The molecular formula is C13H28N2O2S. The Morgan fingerprint density at radius 2 is 1.83 bits per heavy atom. The highest BCUT2D eigenvalue weighted by Crippen LogP contribution is 2.29. The first-order valence-electron chi connectivity index (χ1n) is 7.32. The van der Waals surface area contributed by atoms with Crippen LogP contribution in [0.5, 0.6) is 0 Å². The normalized spacial score (nSPS) is 16.4. The zero-order chi connectivity index (χ0) is 13.4. The van der Waals surface area contributed by atoms with Crippen LogP contribution >= 0.6 is 0 Å². The molecule has 0 unspecified atom stereocenters. The van der Waals surface area contributed by atoms with Crippen LogP contribution < -0.4 is 5.32 Å². The van der Waals surface area contributed by atoms with Crippen molar-refractivity contribution in [3.05, 3.63) is 0 Å². The maximum absolute atomic E-state index is 12.2. The van der Waals surface area contributed by atoms with Crippen molar-refractivity contribution >= 4 is 10.0 Å². The summed E-state index contributed by atoms with van der Waals surface area (Å²) in [5.74, 6) is 0.317. The lowest BCUT2D eigenvalue weighted by atomic mass is 10.3. The van der Waals surface area contributed by atoms with E-state index in [0.29, 0.717) is 18.3 Å². The van der Waals surface area contributed by atoms with Gasteiger partial charge in [-0.25, -0.2) is 8.42 Å². The van der Waals surface area contributed by atoms with Crippen molar-refractivity contribution in [2.24, 2.45) is 0 Å². The zero-order valence-electron chi connectivity index (χ0n) is 11.8. The second-order valence-corrected chi connectivity index (χ2v) is 7.16. The monoisotopic (exact) mass is 276 g/mol. The summed E-state index contributed by atoms with van der Waals surface area (Å²) in [5.41, 5.74) is 0. The maximum Gasteiger partial charge on any atom is 0.214 e. The van der Waals surface area contributed by atoms with Gasteiger partial charge in [0.05, 0.1) is 5.75 Å². The number of nitrogens with one attached hydrogen (secondary N) is 1. The second-order valence-electron chi connectivity index (χ2n) is 5.12. The first kappa shape index (κ1) is 15.9. The van der Waals surface area contributed by atoms with E-state index >= 15 is 0 Å². The summed E-state index contributed by atoms with van der Waals surface area (Å²) in [4.78, 5) is 0. The summed E-state index contributed by atoms with van der Waals surface area (Å²) in [6.45, 7) is 6.83. The van der Waals surface area contributed by atoms with E-state index in [1.54, 1.807) is 4.31 Å². The third kappa shape index (κ3) is 5.67. The minimum absolute atomic E-state index is 0.313. The molecule has 0 atom stereocenters. The molecule has 4 nitrogen and oxygen atoms in total. The maximum atomic E-state index is 12.2. The van der Waals surface area contributed by atoms with Crippen LogP contribution in [0.2, 0.25) is 0 Å². The summed E-state index contributed by atoms with van der Waals surface area (Å²) in [6.07, 6.45) is 5.86. The molecular weight excluding hydrogens is 248 g/mol. The highest BCUT2D eigenvalue weighted by Gasteiger charge is 2.35. The Morgan fingerprint density at radius 3 is 2.39 bits per heavy atom. The molecule has 0 amide bonds. The molecule has 5 heteroatoms. The van der Waals surface area contributed by atoms with Gasteiger partial charge in [-0.3, -0.25) is 0 Å². The van der Waals surface area contributed by atoms with Crippen LogP contribution in [0, 0.1) is 0 Å². The van der Waals surface area contributed by atoms with Crippen LogP contribution in [0.15, 0.2) is 0 Å². The smallest absolute Gasteiger partial charge is 0.214 e. The molecule has 0 spiro atoms. The number of sulfonamides is 1. The van der Waals surface area contributed by atoms with Gasteiger partial charge in [-0.1, -0.05) is 13.8 Å². The Balaban J connectivity index is 2.25. The van der Waals surface area contributed by atoms with Crippen molar-refractivity contribution < 1.29 is 8.42 Å². The van der Waals surface area contributed by atoms with Gasteiger partial charge in [0, 0.05) is 12.6 Å². The van der Waals surface area contributed by atoms with Crippen molar-refractivity contribution in [1.82, 2.24) is 9.62 Å². The summed E-state index contributed by atoms with van der Waals surface area (Å²) in [5, 5.41) is 3.30. The second kappa shape index (κ2) is 8.12. The summed E-state index contributed by atoms with van der Waals surface area (Å²) >= 11 is 0. The van der Waals surface area contributed by atoms with Gasteiger partial charge in [-0.15, -0.1) is 0 Å². The highest BCUT2D eigenvalue weighted by molar-refractivity contribution is 7.89. The average molecular weight is 276 g/mol. The van der Waals surface area contributed by atoms with Crippen molar-refractivity contribution in [3.63, 3.8) is 0 Å². The lowest BCUT2D eigenvalue weighted by Crippen LogP contribution is -2.35. The largest absolute Gasteiger partial charge is 0.317 e. The molecule has 0 aromatic rings. The van der Waals surface area contributed by atoms with Gasteiger partial charge in [-0.2, -0.15) is 4.31 Å². The number of hydrogen-bond acceptors (Lipinski definition) is 3. The van der Waals surface area contributed by atoms with Crippen LogP contribution in [0.3, 0.4) is 0 Å². The molecule has 0 bridgehead atoms. The highest BCUT2D eigenvalue weighted by atomic mass is 32.2. The predicted octanol–water partition coefficient (Wildman–Crippen LogP) is 1.97. The first-order chi connectivity index (χ1) is 8.61. The fourth-order valence-corrected chi connectivity index (χ4v) is 4.01. The lowest BCUT2D eigenvalue weighted by molar-refractivity contribution is 0.402.